The number of hydrogen-bond donors (Lipinski definition) is 3. The minimum absolute atomic E-state index is 0.222. The Labute approximate surface area is 114 Å². The summed E-state index contributed by atoms with van der Waals surface area (Å²) >= 11 is 0. The Hall–Kier alpha value is -2.26. The Balaban J connectivity index is 2.65. The SMILES string of the molecule is CC(O)CNCCNc1ccc([N+](=O)[O-])cc1[N+](=O)[O-]. The zero-order valence-electron chi connectivity index (χ0n) is 10.9. The lowest BCUT2D eigenvalue weighted by Gasteiger charge is -2.09. The van der Waals surface area contributed by atoms with E-state index < -0.39 is 16.0 Å². The Kier molecular flexibility index (Phi) is 5.81. The van der Waals surface area contributed by atoms with Crippen molar-refractivity contribution >= 4 is 17.1 Å². The van der Waals surface area contributed by atoms with Gasteiger partial charge in [0.2, 0.25) is 0 Å². The fourth-order valence-corrected chi connectivity index (χ4v) is 1.53. The molecule has 1 rings (SSSR count). The molecular formula is C11H16N4O5. The van der Waals surface area contributed by atoms with Gasteiger partial charge in [0, 0.05) is 25.7 Å². The molecule has 9 heteroatoms. The maximum atomic E-state index is 10.9. The van der Waals surface area contributed by atoms with Crippen molar-refractivity contribution in [1.29, 1.82) is 0 Å². The zero-order chi connectivity index (χ0) is 15.1. The van der Waals surface area contributed by atoms with Crippen LogP contribution in [0.15, 0.2) is 18.2 Å². The first-order valence-electron chi connectivity index (χ1n) is 5.97. The molecule has 0 fully saturated rings. The molecule has 0 amide bonds. The van der Waals surface area contributed by atoms with Crippen molar-refractivity contribution in [2.45, 2.75) is 13.0 Å². The van der Waals surface area contributed by atoms with Gasteiger partial charge in [0.05, 0.1) is 22.0 Å². The van der Waals surface area contributed by atoms with Gasteiger partial charge in [0.25, 0.3) is 11.4 Å². The zero-order valence-corrected chi connectivity index (χ0v) is 10.9. The van der Waals surface area contributed by atoms with Gasteiger partial charge in [-0.1, -0.05) is 0 Å². The molecule has 0 aliphatic rings. The molecule has 1 aromatic carbocycles. The number of hydrogen-bond acceptors (Lipinski definition) is 7. The number of non-ortho nitro benzene ring substituents is 1. The number of aliphatic hydroxyl groups is 1. The Bertz CT molecular complexity index is 492. The lowest BCUT2D eigenvalue weighted by molar-refractivity contribution is -0.393. The topological polar surface area (TPSA) is 131 Å². The second kappa shape index (κ2) is 7.36. The van der Waals surface area contributed by atoms with Gasteiger partial charge in [0.15, 0.2) is 0 Å². The molecule has 20 heavy (non-hydrogen) atoms. The summed E-state index contributed by atoms with van der Waals surface area (Å²) in [5.41, 5.74) is -0.441. The normalized spacial score (nSPS) is 11.9. The molecule has 0 saturated carbocycles. The van der Waals surface area contributed by atoms with Gasteiger partial charge >= 0.3 is 0 Å². The van der Waals surface area contributed by atoms with Gasteiger partial charge in [-0.25, -0.2) is 0 Å². The van der Waals surface area contributed by atoms with Crippen LogP contribution < -0.4 is 10.6 Å². The van der Waals surface area contributed by atoms with Crippen LogP contribution in [0.3, 0.4) is 0 Å². The van der Waals surface area contributed by atoms with Crippen molar-refractivity contribution in [3.8, 4) is 0 Å². The molecule has 0 bridgehead atoms. The number of anilines is 1. The lowest BCUT2D eigenvalue weighted by Crippen LogP contribution is -2.29. The highest BCUT2D eigenvalue weighted by Crippen LogP contribution is 2.28. The molecule has 1 aromatic rings. The first kappa shape index (κ1) is 15.8. The van der Waals surface area contributed by atoms with E-state index in [9.17, 15) is 20.2 Å². The quantitative estimate of drug-likeness (QED) is 0.367. The van der Waals surface area contributed by atoms with Crippen molar-refractivity contribution in [3.63, 3.8) is 0 Å². The van der Waals surface area contributed by atoms with Crippen molar-refractivity contribution < 1.29 is 15.0 Å². The maximum absolute atomic E-state index is 10.9. The fourth-order valence-electron chi connectivity index (χ4n) is 1.53. The fraction of sp³-hybridized carbons (Fsp3) is 0.455. The van der Waals surface area contributed by atoms with E-state index in [1.807, 2.05) is 0 Å². The molecule has 9 nitrogen and oxygen atoms in total. The molecule has 0 saturated heterocycles. The highest BCUT2D eigenvalue weighted by Gasteiger charge is 2.18. The van der Waals surface area contributed by atoms with E-state index in [0.29, 0.717) is 19.6 Å². The number of nitrogens with zero attached hydrogens (tertiary/aromatic N) is 2. The molecule has 0 aliphatic carbocycles. The second-order valence-electron chi connectivity index (χ2n) is 4.20. The average Bonchev–Trinajstić information content (AvgIpc) is 2.37. The summed E-state index contributed by atoms with van der Waals surface area (Å²) in [6.45, 7) is 2.95. The molecule has 1 atom stereocenters. The monoisotopic (exact) mass is 284 g/mol. The van der Waals surface area contributed by atoms with Crippen LogP contribution in [0.2, 0.25) is 0 Å². The molecule has 0 heterocycles. The molecule has 0 aliphatic heterocycles. The predicted molar refractivity (Wildman–Crippen MR) is 72.8 cm³/mol. The lowest BCUT2D eigenvalue weighted by atomic mass is 10.2. The number of rotatable bonds is 8. The van der Waals surface area contributed by atoms with Gasteiger partial charge in [0.1, 0.15) is 5.69 Å². The van der Waals surface area contributed by atoms with E-state index in [1.165, 1.54) is 12.1 Å². The molecule has 1 unspecified atom stereocenters. The van der Waals surface area contributed by atoms with Crippen LogP contribution in [0.5, 0.6) is 0 Å². The van der Waals surface area contributed by atoms with E-state index in [1.54, 1.807) is 6.92 Å². The predicted octanol–water partition coefficient (Wildman–Crippen LogP) is 0.885. The molecule has 0 aromatic heterocycles. The summed E-state index contributed by atoms with van der Waals surface area (Å²) in [6, 6.07) is 3.44. The maximum Gasteiger partial charge on any atom is 0.299 e. The highest BCUT2D eigenvalue weighted by atomic mass is 16.6. The minimum atomic E-state index is -0.680. The number of nitro groups is 2. The van der Waals surface area contributed by atoms with E-state index >= 15 is 0 Å². The summed E-state index contributed by atoms with van der Waals surface area (Å²) in [4.78, 5) is 20.1. The second-order valence-corrected chi connectivity index (χ2v) is 4.20. The first-order valence-corrected chi connectivity index (χ1v) is 5.97. The van der Waals surface area contributed by atoms with Crippen LogP contribution in [-0.2, 0) is 0 Å². The smallest absolute Gasteiger partial charge is 0.299 e. The van der Waals surface area contributed by atoms with Crippen molar-refractivity contribution in [1.82, 2.24) is 5.32 Å². The van der Waals surface area contributed by atoms with Crippen LogP contribution in [-0.4, -0.2) is 40.7 Å². The molecular weight excluding hydrogens is 268 g/mol. The van der Waals surface area contributed by atoms with Crippen molar-refractivity contribution in [2.24, 2.45) is 0 Å². The third-order valence-electron chi connectivity index (χ3n) is 2.45. The van der Waals surface area contributed by atoms with Gasteiger partial charge in [-0.15, -0.1) is 0 Å². The Morgan fingerprint density at radius 2 is 1.95 bits per heavy atom. The van der Waals surface area contributed by atoms with Gasteiger partial charge in [-0.05, 0) is 13.0 Å². The van der Waals surface area contributed by atoms with Crippen LogP contribution in [0.1, 0.15) is 6.92 Å². The molecule has 0 radical (unpaired) electrons. The van der Waals surface area contributed by atoms with Gasteiger partial charge in [-0.3, -0.25) is 20.2 Å². The molecule has 3 N–H and O–H groups in total. The van der Waals surface area contributed by atoms with Crippen LogP contribution in [0, 0.1) is 20.2 Å². The summed E-state index contributed by atoms with van der Waals surface area (Å²) in [7, 11) is 0. The Morgan fingerprint density at radius 1 is 1.25 bits per heavy atom. The van der Waals surface area contributed by atoms with E-state index in [4.69, 9.17) is 5.11 Å². The summed E-state index contributed by atoms with van der Waals surface area (Å²) < 4.78 is 0. The number of nitrogens with one attached hydrogen (secondary N) is 2. The average molecular weight is 284 g/mol. The highest BCUT2D eigenvalue weighted by molar-refractivity contribution is 5.65. The minimum Gasteiger partial charge on any atom is -0.392 e. The summed E-state index contributed by atoms with van der Waals surface area (Å²) in [5, 5.41) is 36.2. The number of aliphatic hydroxyl groups excluding tert-OH is 1. The van der Waals surface area contributed by atoms with Crippen molar-refractivity contribution in [2.75, 3.05) is 25.0 Å². The molecule has 0 spiro atoms. The number of nitro benzene ring substituents is 2. The third-order valence-corrected chi connectivity index (χ3v) is 2.45. The van der Waals surface area contributed by atoms with Crippen LogP contribution >= 0.6 is 0 Å². The first-order chi connectivity index (χ1) is 9.41. The summed E-state index contributed by atoms with van der Waals surface area (Å²) in [5.74, 6) is 0. The van der Waals surface area contributed by atoms with Crippen LogP contribution in [0.25, 0.3) is 0 Å². The van der Waals surface area contributed by atoms with E-state index in [2.05, 4.69) is 10.6 Å². The Morgan fingerprint density at radius 3 is 2.50 bits per heavy atom. The van der Waals surface area contributed by atoms with E-state index in [0.717, 1.165) is 6.07 Å². The van der Waals surface area contributed by atoms with Crippen molar-refractivity contribution in [3.05, 3.63) is 38.4 Å². The van der Waals surface area contributed by atoms with Crippen LogP contribution in [0.4, 0.5) is 17.1 Å². The standard InChI is InChI=1S/C11H16N4O5/c1-8(16)7-12-4-5-13-10-3-2-9(14(17)18)6-11(10)15(19)20/h2-3,6,8,12-13,16H,4-5,7H2,1H3. The van der Waals surface area contributed by atoms with Gasteiger partial charge in [-0.2, -0.15) is 0 Å². The summed E-state index contributed by atoms with van der Waals surface area (Å²) in [6.07, 6.45) is -0.469. The third kappa shape index (κ3) is 4.78. The largest absolute Gasteiger partial charge is 0.392 e. The van der Waals surface area contributed by atoms with Gasteiger partial charge < -0.3 is 15.7 Å². The number of benzene rings is 1. The van der Waals surface area contributed by atoms with E-state index in [-0.39, 0.29) is 17.1 Å². The molecule has 110 valence electrons.